The van der Waals surface area contributed by atoms with E-state index in [0.717, 1.165) is 0 Å². The van der Waals surface area contributed by atoms with Crippen LogP contribution in [0.2, 0.25) is 0 Å². The summed E-state index contributed by atoms with van der Waals surface area (Å²) in [6.45, 7) is 0. The minimum absolute atomic E-state index is 0.111. The van der Waals surface area contributed by atoms with Crippen LogP contribution in [0.25, 0.3) is 0 Å². The third kappa shape index (κ3) is 0.753. The van der Waals surface area contributed by atoms with Crippen molar-refractivity contribution in [3.63, 3.8) is 0 Å². The molecule has 4 heteroatoms. The Bertz CT molecular complexity index is 119. The zero-order valence-electron chi connectivity index (χ0n) is 4.76. The van der Waals surface area contributed by atoms with Gasteiger partial charge in [0, 0.05) is 7.05 Å². The Morgan fingerprint density at radius 1 is 1.88 bits per heavy atom. The Morgan fingerprint density at radius 3 is 2.62 bits per heavy atom. The molecule has 1 unspecified atom stereocenters. The first-order valence-electron chi connectivity index (χ1n) is 2.43. The average Bonchev–Trinajstić information content (AvgIpc) is 1.85. The molecule has 1 aliphatic heterocycles. The van der Waals surface area contributed by atoms with E-state index < -0.39 is 0 Å². The molecule has 1 heterocycles. The van der Waals surface area contributed by atoms with Gasteiger partial charge in [-0.15, -0.1) is 0 Å². The predicted octanol–water partition coefficient (Wildman–Crippen LogP) is -1.48. The molecule has 46 valence electrons. The van der Waals surface area contributed by atoms with E-state index >= 15 is 0 Å². The largest absolute Gasteiger partial charge is 0.385 e. The van der Waals surface area contributed by atoms with E-state index in [9.17, 15) is 0 Å². The molecular weight excluding hydrogens is 104 g/mol. The number of hydrogen-bond donors (Lipinski definition) is 3. The number of hydrazine groups is 1. The normalized spacial score (nSPS) is 28.5. The quantitative estimate of drug-likeness (QED) is 0.359. The second-order valence-electron chi connectivity index (χ2n) is 1.81. The van der Waals surface area contributed by atoms with Gasteiger partial charge in [0.2, 0.25) is 0 Å². The van der Waals surface area contributed by atoms with Gasteiger partial charge in [-0.3, -0.25) is 5.01 Å². The molecule has 1 aliphatic rings. The maximum Gasteiger partial charge on any atom is 0.112 e. The van der Waals surface area contributed by atoms with Crippen LogP contribution in [0.1, 0.15) is 0 Å². The van der Waals surface area contributed by atoms with Gasteiger partial charge in [0.15, 0.2) is 0 Å². The zero-order valence-corrected chi connectivity index (χ0v) is 4.76. The van der Waals surface area contributed by atoms with Crippen molar-refractivity contribution in [1.29, 1.82) is 0 Å². The maximum atomic E-state index is 5.41. The molecule has 4 nitrogen and oxygen atoms in total. The molecule has 0 aliphatic carbocycles. The molecule has 0 aromatic heterocycles. The summed E-state index contributed by atoms with van der Waals surface area (Å²) in [5.74, 6) is 0.678. The fourth-order valence-corrected chi connectivity index (χ4v) is 0.631. The van der Waals surface area contributed by atoms with Crippen LogP contribution in [0.4, 0.5) is 0 Å². The number of nitrogens with zero attached hydrogens (tertiary/aromatic N) is 1. The number of rotatable bonds is 0. The Hall–Kier alpha value is -0.740. The summed E-state index contributed by atoms with van der Waals surface area (Å²) in [6, 6.07) is 0. The first-order valence-corrected chi connectivity index (χ1v) is 2.43. The summed E-state index contributed by atoms with van der Waals surface area (Å²) in [7, 11) is 1.82. The first kappa shape index (κ1) is 5.40. The van der Waals surface area contributed by atoms with E-state index in [1.54, 1.807) is 11.1 Å². The molecule has 0 fully saturated rings. The van der Waals surface area contributed by atoms with Crippen molar-refractivity contribution in [3.8, 4) is 0 Å². The Morgan fingerprint density at radius 2 is 2.50 bits per heavy atom. The summed E-state index contributed by atoms with van der Waals surface area (Å²) in [6.07, 6.45) is 1.64. The van der Waals surface area contributed by atoms with Crippen molar-refractivity contribution < 1.29 is 0 Å². The highest BCUT2D eigenvalue weighted by molar-refractivity contribution is 5.04. The van der Waals surface area contributed by atoms with Gasteiger partial charge in [-0.2, -0.15) is 0 Å². The number of nitrogens with one attached hydrogen (secondary N) is 1. The van der Waals surface area contributed by atoms with Gasteiger partial charge < -0.3 is 11.5 Å². The van der Waals surface area contributed by atoms with Gasteiger partial charge in [-0.1, -0.05) is 0 Å². The van der Waals surface area contributed by atoms with Crippen molar-refractivity contribution in [2.45, 2.75) is 6.17 Å². The molecule has 8 heavy (non-hydrogen) atoms. The monoisotopic (exact) mass is 114 g/mol. The van der Waals surface area contributed by atoms with Gasteiger partial charge in [-0.05, 0) is 6.08 Å². The molecule has 0 saturated carbocycles. The van der Waals surface area contributed by atoms with Crippen LogP contribution in [0.3, 0.4) is 0 Å². The van der Waals surface area contributed by atoms with E-state index in [-0.39, 0.29) is 6.17 Å². The molecular formula is C4H10N4. The maximum absolute atomic E-state index is 5.41. The third-order valence-electron chi connectivity index (χ3n) is 1.08. The second-order valence-corrected chi connectivity index (χ2v) is 1.81. The van der Waals surface area contributed by atoms with E-state index in [0.29, 0.717) is 5.82 Å². The van der Waals surface area contributed by atoms with E-state index in [1.807, 2.05) is 7.05 Å². The van der Waals surface area contributed by atoms with E-state index in [4.69, 9.17) is 11.5 Å². The Balaban J connectivity index is 2.59. The Kier molecular flexibility index (Phi) is 1.11. The van der Waals surface area contributed by atoms with Crippen molar-refractivity contribution >= 4 is 0 Å². The van der Waals surface area contributed by atoms with Crippen LogP contribution in [-0.4, -0.2) is 18.2 Å². The van der Waals surface area contributed by atoms with Gasteiger partial charge in [-0.25, -0.2) is 5.43 Å². The molecule has 5 N–H and O–H groups in total. The van der Waals surface area contributed by atoms with Crippen LogP contribution < -0.4 is 16.9 Å². The zero-order chi connectivity index (χ0) is 6.15. The van der Waals surface area contributed by atoms with Crippen LogP contribution in [0, 0.1) is 0 Å². The summed E-state index contributed by atoms with van der Waals surface area (Å²) in [5.41, 5.74) is 13.7. The van der Waals surface area contributed by atoms with Gasteiger partial charge in [0.05, 0.1) is 6.17 Å². The van der Waals surface area contributed by atoms with E-state index in [1.165, 1.54) is 0 Å². The van der Waals surface area contributed by atoms with Crippen LogP contribution in [0.15, 0.2) is 11.9 Å². The fraction of sp³-hybridized carbons (Fsp3) is 0.500. The van der Waals surface area contributed by atoms with Gasteiger partial charge >= 0.3 is 0 Å². The molecule has 0 bridgehead atoms. The summed E-state index contributed by atoms with van der Waals surface area (Å²) < 4.78 is 0. The SMILES string of the molecule is CN1NC(N)C=C1N. The highest BCUT2D eigenvalue weighted by atomic mass is 15.6. The van der Waals surface area contributed by atoms with Crippen molar-refractivity contribution in [1.82, 2.24) is 10.4 Å². The first-order chi connectivity index (χ1) is 3.70. The number of hydrogen-bond acceptors (Lipinski definition) is 4. The molecule has 0 spiro atoms. The van der Waals surface area contributed by atoms with Crippen molar-refractivity contribution in [2.24, 2.45) is 11.5 Å². The van der Waals surface area contributed by atoms with Crippen molar-refractivity contribution in [2.75, 3.05) is 7.05 Å². The standard InChI is InChI=1S/C4H10N4/c1-8-4(6)2-3(5)7-8/h2-3,7H,5-6H2,1H3. The topological polar surface area (TPSA) is 67.3 Å². The minimum atomic E-state index is -0.111. The fourth-order valence-electron chi connectivity index (χ4n) is 0.631. The lowest BCUT2D eigenvalue weighted by Gasteiger charge is -2.12. The van der Waals surface area contributed by atoms with E-state index in [2.05, 4.69) is 5.43 Å². The molecule has 0 aromatic carbocycles. The molecule has 0 radical (unpaired) electrons. The molecule has 1 rings (SSSR count). The lowest BCUT2D eigenvalue weighted by Crippen LogP contribution is -2.39. The minimum Gasteiger partial charge on any atom is -0.385 e. The van der Waals surface area contributed by atoms with Gasteiger partial charge in [0.1, 0.15) is 5.82 Å². The molecule has 0 aromatic rings. The summed E-state index contributed by atoms with van der Waals surface area (Å²) in [5, 5.41) is 1.69. The average molecular weight is 114 g/mol. The van der Waals surface area contributed by atoms with Crippen LogP contribution in [0.5, 0.6) is 0 Å². The Labute approximate surface area is 48.1 Å². The lowest BCUT2D eigenvalue weighted by atomic mass is 10.5. The highest BCUT2D eigenvalue weighted by Gasteiger charge is 2.11. The van der Waals surface area contributed by atoms with Crippen molar-refractivity contribution in [3.05, 3.63) is 11.9 Å². The molecule has 1 atom stereocenters. The third-order valence-corrected chi connectivity index (χ3v) is 1.08. The molecule has 0 amide bonds. The van der Waals surface area contributed by atoms with Crippen LogP contribution >= 0.6 is 0 Å². The highest BCUT2D eigenvalue weighted by Crippen LogP contribution is 1.97. The van der Waals surface area contributed by atoms with Crippen LogP contribution in [-0.2, 0) is 0 Å². The summed E-state index contributed by atoms with van der Waals surface area (Å²) in [4.78, 5) is 0. The van der Waals surface area contributed by atoms with Gasteiger partial charge in [0.25, 0.3) is 0 Å². The predicted molar refractivity (Wildman–Crippen MR) is 31.1 cm³/mol. The lowest BCUT2D eigenvalue weighted by molar-refractivity contribution is 0.308. The summed E-state index contributed by atoms with van der Waals surface area (Å²) >= 11 is 0. The second kappa shape index (κ2) is 1.65. The molecule has 0 saturated heterocycles. The number of nitrogens with two attached hydrogens (primary N) is 2. The smallest absolute Gasteiger partial charge is 0.112 e.